The van der Waals surface area contributed by atoms with E-state index in [-0.39, 0.29) is 0 Å². The Bertz CT molecular complexity index is 541. The first-order chi connectivity index (χ1) is 10.2. The number of rotatable bonds is 5. The molecule has 6 nitrogen and oxygen atoms in total. The summed E-state index contributed by atoms with van der Waals surface area (Å²) < 4.78 is 15.8. The topological polar surface area (TPSA) is 78.1 Å². The molecule has 1 heterocycles. The third-order valence-corrected chi connectivity index (χ3v) is 3.09. The monoisotopic (exact) mass is 291 g/mol. The number of benzene rings is 1. The number of anilines is 1. The third-order valence-electron chi connectivity index (χ3n) is 3.09. The highest BCUT2D eigenvalue weighted by Crippen LogP contribution is 2.29. The Morgan fingerprint density at radius 1 is 1.33 bits per heavy atom. The van der Waals surface area contributed by atoms with Gasteiger partial charge < -0.3 is 25.3 Å². The van der Waals surface area contributed by atoms with Crippen LogP contribution in [0.5, 0.6) is 11.5 Å². The Balaban J connectivity index is 1.98. The van der Waals surface area contributed by atoms with Gasteiger partial charge in [0.25, 0.3) is 0 Å². The van der Waals surface area contributed by atoms with Crippen molar-refractivity contribution in [3.8, 4) is 11.5 Å². The van der Waals surface area contributed by atoms with Crippen LogP contribution < -0.4 is 20.5 Å². The molecule has 0 unspecified atom stereocenters. The first kappa shape index (κ1) is 15.2. The molecule has 1 aliphatic rings. The van der Waals surface area contributed by atoms with Crippen LogP contribution in [0.25, 0.3) is 0 Å². The Labute approximate surface area is 124 Å². The van der Waals surface area contributed by atoms with E-state index in [9.17, 15) is 0 Å². The summed E-state index contributed by atoms with van der Waals surface area (Å²) in [7, 11) is 3.19. The van der Waals surface area contributed by atoms with Crippen LogP contribution in [0, 0.1) is 0 Å². The SMILES string of the molecule is COc1ccc(NC(N)=NCC2=CCCOC2)cc1OC. The lowest BCUT2D eigenvalue weighted by Crippen LogP contribution is -2.23. The average Bonchev–Trinajstić information content (AvgIpc) is 2.53. The van der Waals surface area contributed by atoms with E-state index in [2.05, 4.69) is 16.4 Å². The minimum atomic E-state index is 0.355. The first-order valence-corrected chi connectivity index (χ1v) is 6.77. The van der Waals surface area contributed by atoms with Crippen molar-refractivity contribution in [2.75, 3.05) is 39.3 Å². The van der Waals surface area contributed by atoms with Gasteiger partial charge in [-0.05, 0) is 24.1 Å². The van der Waals surface area contributed by atoms with Crippen molar-refractivity contribution in [3.63, 3.8) is 0 Å². The van der Waals surface area contributed by atoms with Crippen LogP contribution in [-0.2, 0) is 4.74 Å². The zero-order valence-electron chi connectivity index (χ0n) is 12.4. The molecule has 3 N–H and O–H groups in total. The number of nitrogens with one attached hydrogen (secondary N) is 1. The quantitative estimate of drug-likeness (QED) is 0.491. The van der Waals surface area contributed by atoms with Crippen molar-refractivity contribution < 1.29 is 14.2 Å². The largest absolute Gasteiger partial charge is 0.493 e. The molecule has 0 saturated heterocycles. The molecule has 0 radical (unpaired) electrons. The maximum absolute atomic E-state index is 5.88. The summed E-state index contributed by atoms with van der Waals surface area (Å²) in [6.07, 6.45) is 3.09. The average molecular weight is 291 g/mol. The number of nitrogens with zero attached hydrogens (tertiary/aromatic N) is 1. The molecule has 6 heteroatoms. The van der Waals surface area contributed by atoms with E-state index in [0.717, 1.165) is 24.3 Å². The van der Waals surface area contributed by atoms with Crippen molar-refractivity contribution in [2.45, 2.75) is 6.42 Å². The summed E-state index contributed by atoms with van der Waals surface area (Å²) in [5.41, 5.74) is 7.83. The van der Waals surface area contributed by atoms with Gasteiger partial charge >= 0.3 is 0 Å². The normalized spacial score (nSPS) is 15.3. The maximum Gasteiger partial charge on any atom is 0.193 e. The zero-order valence-corrected chi connectivity index (χ0v) is 12.4. The number of ether oxygens (including phenoxy) is 3. The van der Waals surface area contributed by atoms with Gasteiger partial charge in [0.05, 0.1) is 34.0 Å². The van der Waals surface area contributed by atoms with Gasteiger partial charge in [-0.2, -0.15) is 0 Å². The van der Waals surface area contributed by atoms with Gasteiger partial charge in [0.15, 0.2) is 17.5 Å². The zero-order chi connectivity index (χ0) is 15.1. The molecule has 1 aromatic rings. The van der Waals surface area contributed by atoms with E-state index in [1.807, 2.05) is 18.2 Å². The second-order valence-corrected chi connectivity index (χ2v) is 4.60. The first-order valence-electron chi connectivity index (χ1n) is 6.77. The van der Waals surface area contributed by atoms with Crippen molar-refractivity contribution >= 4 is 11.6 Å². The van der Waals surface area contributed by atoms with Crippen LogP contribution >= 0.6 is 0 Å². The summed E-state index contributed by atoms with van der Waals surface area (Å²) in [6, 6.07) is 5.48. The highest BCUT2D eigenvalue weighted by atomic mass is 16.5. The highest BCUT2D eigenvalue weighted by Gasteiger charge is 2.06. The standard InChI is InChI=1S/C15H21N3O3/c1-19-13-6-5-12(8-14(13)20-2)18-15(16)17-9-11-4-3-7-21-10-11/h4-6,8H,3,7,9-10H2,1-2H3,(H3,16,17,18). The predicted molar refractivity (Wildman–Crippen MR) is 83.2 cm³/mol. The second-order valence-electron chi connectivity index (χ2n) is 4.60. The predicted octanol–water partition coefficient (Wildman–Crippen LogP) is 1.78. The van der Waals surface area contributed by atoms with E-state index in [0.29, 0.717) is 30.6 Å². The van der Waals surface area contributed by atoms with Crippen LogP contribution in [0.3, 0.4) is 0 Å². The van der Waals surface area contributed by atoms with Crippen molar-refractivity contribution in [2.24, 2.45) is 10.7 Å². The van der Waals surface area contributed by atoms with Crippen LogP contribution in [0.2, 0.25) is 0 Å². The van der Waals surface area contributed by atoms with Gasteiger partial charge in [-0.25, -0.2) is 4.99 Å². The van der Waals surface area contributed by atoms with Gasteiger partial charge in [0.2, 0.25) is 0 Å². The van der Waals surface area contributed by atoms with Crippen LogP contribution in [0.1, 0.15) is 6.42 Å². The molecule has 0 aromatic heterocycles. The van der Waals surface area contributed by atoms with Crippen molar-refractivity contribution in [1.29, 1.82) is 0 Å². The number of guanidine groups is 1. The molecule has 0 saturated carbocycles. The fourth-order valence-electron chi connectivity index (χ4n) is 2.01. The summed E-state index contributed by atoms with van der Waals surface area (Å²) in [5.74, 6) is 1.66. The van der Waals surface area contributed by atoms with Crippen molar-refractivity contribution in [1.82, 2.24) is 0 Å². The molecule has 0 spiro atoms. The molecule has 0 amide bonds. The van der Waals surface area contributed by atoms with E-state index >= 15 is 0 Å². The number of nitrogens with two attached hydrogens (primary N) is 1. The number of hydrogen-bond donors (Lipinski definition) is 2. The minimum Gasteiger partial charge on any atom is -0.493 e. The summed E-state index contributed by atoms with van der Waals surface area (Å²) in [6.45, 7) is 1.96. The molecule has 21 heavy (non-hydrogen) atoms. The third kappa shape index (κ3) is 4.39. The Morgan fingerprint density at radius 2 is 2.14 bits per heavy atom. The van der Waals surface area contributed by atoms with Gasteiger partial charge in [0.1, 0.15) is 0 Å². The molecule has 2 rings (SSSR count). The summed E-state index contributed by atoms with van der Waals surface area (Å²) in [4.78, 5) is 4.30. The van der Waals surface area contributed by atoms with E-state index in [4.69, 9.17) is 19.9 Å². The molecule has 0 fully saturated rings. The molecular formula is C15H21N3O3. The summed E-state index contributed by atoms with van der Waals surface area (Å²) >= 11 is 0. The smallest absolute Gasteiger partial charge is 0.193 e. The van der Waals surface area contributed by atoms with E-state index in [1.54, 1.807) is 14.2 Å². The molecule has 0 aliphatic carbocycles. The molecule has 0 atom stereocenters. The van der Waals surface area contributed by atoms with Crippen LogP contribution in [0.15, 0.2) is 34.8 Å². The van der Waals surface area contributed by atoms with Gasteiger partial charge in [-0.15, -0.1) is 0 Å². The van der Waals surface area contributed by atoms with Crippen LogP contribution in [-0.4, -0.2) is 39.9 Å². The van der Waals surface area contributed by atoms with Gasteiger partial charge in [-0.3, -0.25) is 0 Å². The van der Waals surface area contributed by atoms with Gasteiger partial charge in [0, 0.05) is 11.8 Å². The van der Waals surface area contributed by atoms with E-state index < -0.39 is 0 Å². The molecule has 1 aliphatic heterocycles. The molecule has 1 aromatic carbocycles. The molecular weight excluding hydrogens is 270 g/mol. The lowest BCUT2D eigenvalue weighted by Gasteiger charge is -2.13. The lowest BCUT2D eigenvalue weighted by atomic mass is 10.2. The Morgan fingerprint density at radius 3 is 2.81 bits per heavy atom. The number of aliphatic imine (C=N–C) groups is 1. The van der Waals surface area contributed by atoms with Crippen LogP contribution in [0.4, 0.5) is 5.69 Å². The Kier molecular flexibility index (Phi) is 5.45. The maximum atomic E-state index is 5.88. The van der Waals surface area contributed by atoms with Gasteiger partial charge in [-0.1, -0.05) is 6.08 Å². The fraction of sp³-hybridized carbons (Fsp3) is 0.400. The highest BCUT2D eigenvalue weighted by molar-refractivity contribution is 5.92. The second kappa shape index (κ2) is 7.54. The fourth-order valence-corrected chi connectivity index (χ4v) is 2.01. The Hall–Kier alpha value is -2.21. The molecule has 0 bridgehead atoms. The minimum absolute atomic E-state index is 0.355. The molecule has 114 valence electrons. The summed E-state index contributed by atoms with van der Waals surface area (Å²) in [5, 5.41) is 3.03. The van der Waals surface area contributed by atoms with E-state index in [1.165, 1.54) is 0 Å². The van der Waals surface area contributed by atoms with Crippen molar-refractivity contribution in [3.05, 3.63) is 29.8 Å². The lowest BCUT2D eigenvalue weighted by molar-refractivity contribution is 0.150. The number of methoxy groups -OCH3 is 2. The number of hydrogen-bond acceptors (Lipinski definition) is 4.